The van der Waals surface area contributed by atoms with Crippen molar-refractivity contribution in [3.8, 4) is 11.4 Å². The van der Waals surface area contributed by atoms with Crippen LogP contribution in [0.25, 0.3) is 11.4 Å². The summed E-state index contributed by atoms with van der Waals surface area (Å²) in [5.74, 6) is 2.72. The van der Waals surface area contributed by atoms with Gasteiger partial charge in [0.2, 0.25) is 5.91 Å². The van der Waals surface area contributed by atoms with E-state index >= 15 is 0 Å². The fraction of sp³-hybridized carbons (Fsp3) is 0.500. The van der Waals surface area contributed by atoms with Crippen LogP contribution in [0.15, 0.2) is 30.3 Å². The van der Waals surface area contributed by atoms with Crippen LogP contribution in [-0.4, -0.2) is 57.1 Å². The summed E-state index contributed by atoms with van der Waals surface area (Å²) in [6.07, 6.45) is 4.73. The first kappa shape index (κ1) is 17.9. The van der Waals surface area contributed by atoms with Crippen LogP contribution < -0.4 is 5.73 Å². The second kappa shape index (κ2) is 8.49. The van der Waals surface area contributed by atoms with Crippen LogP contribution in [0.2, 0.25) is 0 Å². The van der Waals surface area contributed by atoms with Gasteiger partial charge in [-0.3, -0.25) is 9.89 Å². The van der Waals surface area contributed by atoms with E-state index in [1.807, 2.05) is 41.5 Å². The number of H-pyrrole nitrogens is 1. The summed E-state index contributed by atoms with van der Waals surface area (Å²) in [4.78, 5) is 19.1. The number of likely N-dealkylation sites (tertiary alicyclic amines) is 1. The summed E-state index contributed by atoms with van der Waals surface area (Å²) in [5, 5.41) is 7.40. The van der Waals surface area contributed by atoms with Crippen molar-refractivity contribution in [2.24, 2.45) is 5.73 Å². The average molecular weight is 359 g/mol. The third kappa shape index (κ3) is 4.41. The quantitative estimate of drug-likeness (QED) is 0.826. The number of piperidine rings is 1. The molecule has 7 heteroatoms. The molecule has 2 heterocycles. The molecule has 1 aromatic carbocycles. The number of nitrogens with two attached hydrogens (primary N) is 1. The van der Waals surface area contributed by atoms with E-state index in [-0.39, 0.29) is 11.8 Å². The SMILES string of the molecule is CSCCC(N)C(=O)N1CCCC(c2nc(-c3ccccc3)n[nH]2)C1. The summed E-state index contributed by atoms with van der Waals surface area (Å²) in [7, 11) is 0. The van der Waals surface area contributed by atoms with Crippen LogP contribution in [0.1, 0.15) is 31.0 Å². The molecule has 0 bridgehead atoms. The minimum absolute atomic E-state index is 0.0570. The Morgan fingerprint density at radius 2 is 2.24 bits per heavy atom. The number of nitrogens with one attached hydrogen (secondary N) is 1. The van der Waals surface area contributed by atoms with Crippen molar-refractivity contribution in [3.05, 3.63) is 36.2 Å². The fourth-order valence-corrected chi connectivity index (χ4v) is 3.67. The first-order valence-electron chi connectivity index (χ1n) is 8.70. The lowest BCUT2D eigenvalue weighted by Gasteiger charge is -2.33. The number of aromatic amines is 1. The second-order valence-electron chi connectivity index (χ2n) is 6.42. The lowest BCUT2D eigenvalue weighted by atomic mass is 9.96. The van der Waals surface area contributed by atoms with Gasteiger partial charge in [0.15, 0.2) is 5.82 Å². The molecule has 1 amide bonds. The first-order chi connectivity index (χ1) is 12.2. The van der Waals surface area contributed by atoms with E-state index in [1.54, 1.807) is 11.8 Å². The van der Waals surface area contributed by atoms with Crippen molar-refractivity contribution in [2.45, 2.75) is 31.2 Å². The normalized spacial score (nSPS) is 19.0. The maximum absolute atomic E-state index is 12.6. The minimum atomic E-state index is -0.402. The van der Waals surface area contributed by atoms with E-state index in [1.165, 1.54) is 0 Å². The molecular formula is C18H25N5OS. The molecule has 3 rings (SSSR count). The zero-order valence-corrected chi connectivity index (χ0v) is 15.3. The molecule has 0 spiro atoms. The van der Waals surface area contributed by atoms with Gasteiger partial charge in [-0.05, 0) is 31.3 Å². The van der Waals surface area contributed by atoms with E-state index in [0.717, 1.165) is 42.9 Å². The number of rotatable bonds is 6. The van der Waals surface area contributed by atoms with Crippen molar-refractivity contribution in [1.29, 1.82) is 0 Å². The molecule has 2 unspecified atom stereocenters. The minimum Gasteiger partial charge on any atom is -0.341 e. The van der Waals surface area contributed by atoms with Crippen molar-refractivity contribution < 1.29 is 4.79 Å². The maximum atomic E-state index is 12.6. The van der Waals surface area contributed by atoms with Gasteiger partial charge in [0.1, 0.15) is 5.82 Å². The zero-order valence-electron chi connectivity index (χ0n) is 14.5. The molecule has 6 nitrogen and oxygen atoms in total. The molecule has 1 aliphatic rings. The molecule has 0 aliphatic carbocycles. The summed E-state index contributed by atoms with van der Waals surface area (Å²) in [6.45, 7) is 1.44. The second-order valence-corrected chi connectivity index (χ2v) is 7.41. The van der Waals surface area contributed by atoms with E-state index in [0.29, 0.717) is 12.4 Å². The zero-order chi connectivity index (χ0) is 17.6. The number of carbonyl (C=O) groups excluding carboxylic acids is 1. The fourth-order valence-electron chi connectivity index (χ4n) is 3.18. The van der Waals surface area contributed by atoms with Crippen LogP contribution in [0.4, 0.5) is 0 Å². The van der Waals surface area contributed by atoms with Crippen LogP contribution in [-0.2, 0) is 4.79 Å². The van der Waals surface area contributed by atoms with Crippen molar-refractivity contribution in [1.82, 2.24) is 20.1 Å². The summed E-state index contributed by atoms with van der Waals surface area (Å²) >= 11 is 1.72. The lowest BCUT2D eigenvalue weighted by molar-refractivity contribution is -0.133. The lowest BCUT2D eigenvalue weighted by Crippen LogP contribution is -2.47. The number of aromatic nitrogens is 3. The van der Waals surface area contributed by atoms with Gasteiger partial charge in [-0.25, -0.2) is 4.98 Å². The van der Waals surface area contributed by atoms with Gasteiger partial charge in [-0.2, -0.15) is 16.9 Å². The van der Waals surface area contributed by atoms with Crippen LogP contribution in [0.3, 0.4) is 0 Å². The Hall–Kier alpha value is -1.86. The molecule has 1 saturated heterocycles. The smallest absolute Gasteiger partial charge is 0.239 e. The van der Waals surface area contributed by atoms with E-state index < -0.39 is 6.04 Å². The highest BCUT2D eigenvalue weighted by molar-refractivity contribution is 7.98. The summed E-state index contributed by atoms with van der Waals surface area (Å²) < 4.78 is 0. The Labute approximate surface area is 152 Å². The number of thioether (sulfide) groups is 1. The largest absolute Gasteiger partial charge is 0.341 e. The molecule has 1 fully saturated rings. The van der Waals surface area contributed by atoms with Crippen LogP contribution in [0, 0.1) is 0 Å². The highest BCUT2D eigenvalue weighted by atomic mass is 32.2. The van der Waals surface area contributed by atoms with Gasteiger partial charge in [-0.15, -0.1) is 0 Å². The van der Waals surface area contributed by atoms with E-state index in [4.69, 9.17) is 5.73 Å². The molecule has 1 aromatic heterocycles. The molecule has 2 atom stereocenters. The third-order valence-electron chi connectivity index (χ3n) is 4.60. The molecule has 134 valence electrons. The summed E-state index contributed by atoms with van der Waals surface area (Å²) in [6, 6.07) is 9.51. The van der Waals surface area contributed by atoms with Gasteiger partial charge in [0.25, 0.3) is 0 Å². The van der Waals surface area contributed by atoms with Crippen molar-refractivity contribution in [3.63, 3.8) is 0 Å². The number of hydrogen-bond acceptors (Lipinski definition) is 5. The topological polar surface area (TPSA) is 87.9 Å². The molecule has 0 radical (unpaired) electrons. The third-order valence-corrected chi connectivity index (χ3v) is 5.25. The van der Waals surface area contributed by atoms with Crippen LogP contribution >= 0.6 is 11.8 Å². The van der Waals surface area contributed by atoms with Gasteiger partial charge in [0, 0.05) is 24.6 Å². The van der Waals surface area contributed by atoms with Gasteiger partial charge in [0.05, 0.1) is 6.04 Å². The first-order valence-corrected chi connectivity index (χ1v) is 10.1. The maximum Gasteiger partial charge on any atom is 0.239 e. The standard InChI is InChI=1S/C18H25N5OS/c1-25-11-9-15(19)18(24)23-10-5-8-14(12-23)17-20-16(21-22-17)13-6-3-2-4-7-13/h2-4,6-7,14-15H,5,8-12,19H2,1H3,(H,20,21,22). The Balaban J connectivity index is 1.65. The van der Waals surface area contributed by atoms with E-state index in [2.05, 4.69) is 15.2 Å². The Morgan fingerprint density at radius 3 is 3.00 bits per heavy atom. The number of nitrogens with zero attached hydrogens (tertiary/aromatic N) is 3. The highest BCUT2D eigenvalue weighted by Gasteiger charge is 2.29. The molecule has 3 N–H and O–H groups in total. The summed E-state index contributed by atoms with van der Waals surface area (Å²) in [5.41, 5.74) is 7.05. The predicted octanol–water partition coefficient (Wildman–Crippen LogP) is 2.26. The van der Waals surface area contributed by atoms with Gasteiger partial charge < -0.3 is 10.6 Å². The molecular weight excluding hydrogens is 334 g/mol. The van der Waals surface area contributed by atoms with Gasteiger partial charge >= 0.3 is 0 Å². The van der Waals surface area contributed by atoms with Gasteiger partial charge in [-0.1, -0.05) is 30.3 Å². The monoisotopic (exact) mass is 359 g/mol. The number of carbonyl (C=O) groups is 1. The van der Waals surface area contributed by atoms with Crippen molar-refractivity contribution >= 4 is 17.7 Å². The van der Waals surface area contributed by atoms with Crippen molar-refractivity contribution in [2.75, 3.05) is 25.1 Å². The Morgan fingerprint density at radius 1 is 1.44 bits per heavy atom. The Kier molecular flexibility index (Phi) is 6.09. The number of benzene rings is 1. The van der Waals surface area contributed by atoms with E-state index in [9.17, 15) is 4.79 Å². The molecule has 0 saturated carbocycles. The highest BCUT2D eigenvalue weighted by Crippen LogP contribution is 2.26. The number of amides is 1. The molecule has 25 heavy (non-hydrogen) atoms. The molecule has 1 aliphatic heterocycles. The molecule has 2 aromatic rings. The predicted molar refractivity (Wildman–Crippen MR) is 101 cm³/mol. The number of hydrogen-bond donors (Lipinski definition) is 2. The Bertz CT molecular complexity index is 690. The van der Waals surface area contributed by atoms with Crippen LogP contribution in [0.5, 0.6) is 0 Å². The average Bonchev–Trinajstić information content (AvgIpc) is 3.16.